The largest absolute Gasteiger partial charge is 0.339 e. The minimum absolute atomic E-state index is 0.0873. The highest BCUT2D eigenvalue weighted by Crippen LogP contribution is 2.39. The van der Waals surface area contributed by atoms with Crippen LogP contribution in [-0.4, -0.2) is 26.1 Å². The van der Waals surface area contributed by atoms with E-state index in [2.05, 4.69) is 47.7 Å². The number of tetrazole rings is 1. The van der Waals surface area contributed by atoms with Crippen molar-refractivity contribution < 1.29 is 4.79 Å². The molecule has 1 heterocycles. The number of nitrogens with zero attached hydrogens (tertiary/aromatic N) is 4. The molecule has 6 nitrogen and oxygen atoms in total. The molecule has 1 fully saturated rings. The van der Waals surface area contributed by atoms with Crippen molar-refractivity contribution in [2.24, 2.45) is 5.92 Å². The van der Waals surface area contributed by atoms with Gasteiger partial charge in [-0.3, -0.25) is 4.79 Å². The van der Waals surface area contributed by atoms with E-state index >= 15 is 0 Å². The SMILES string of the molecule is Cc1cccc(-n2nnnc2C2(NC(=O)c3ccccc3)CCC(C)CC2)c1C. The highest BCUT2D eigenvalue weighted by atomic mass is 16.1. The zero-order valence-electron chi connectivity index (χ0n) is 17.2. The summed E-state index contributed by atoms with van der Waals surface area (Å²) in [6.45, 7) is 6.42. The molecule has 1 aliphatic rings. The van der Waals surface area contributed by atoms with Crippen LogP contribution < -0.4 is 5.32 Å². The smallest absolute Gasteiger partial charge is 0.252 e. The van der Waals surface area contributed by atoms with Crippen LogP contribution in [0.1, 0.15) is 59.9 Å². The zero-order chi connectivity index (χ0) is 20.4. The minimum atomic E-state index is -0.584. The van der Waals surface area contributed by atoms with E-state index in [4.69, 9.17) is 0 Å². The van der Waals surface area contributed by atoms with Gasteiger partial charge in [0.25, 0.3) is 5.91 Å². The lowest BCUT2D eigenvalue weighted by atomic mass is 9.76. The second-order valence-electron chi connectivity index (χ2n) is 8.22. The summed E-state index contributed by atoms with van der Waals surface area (Å²) in [4.78, 5) is 13.1. The Morgan fingerprint density at radius 1 is 1.07 bits per heavy atom. The zero-order valence-corrected chi connectivity index (χ0v) is 17.2. The first-order valence-electron chi connectivity index (χ1n) is 10.2. The van der Waals surface area contributed by atoms with Crippen molar-refractivity contribution in [2.75, 3.05) is 0 Å². The van der Waals surface area contributed by atoms with Crippen LogP contribution in [0.2, 0.25) is 0 Å². The van der Waals surface area contributed by atoms with Crippen molar-refractivity contribution in [2.45, 2.75) is 52.0 Å². The van der Waals surface area contributed by atoms with Crippen molar-refractivity contribution >= 4 is 5.91 Å². The van der Waals surface area contributed by atoms with Gasteiger partial charge >= 0.3 is 0 Å². The maximum Gasteiger partial charge on any atom is 0.252 e. The first-order chi connectivity index (χ1) is 14.0. The van der Waals surface area contributed by atoms with E-state index in [-0.39, 0.29) is 5.91 Å². The van der Waals surface area contributed by atoms with Crippen molar-refractivity contribution in [1.29, 1.82) is 0 Å². The Morgan fingerprint density at radius 3 is 2.52 bits per heavy atom. The standard InChI is InChI=1S/C23H27N5O/c1-16-12-14-23(15-13-16,24-21(29)19-9-5-4-6-10-19)22-25-26-27-28(22)20-11-7-8-17(2)18(20)3/h4-11,16H,12-15H2,1-3H3,(H,24,29). The first-order valence-corrected chi connectivity index (χ1v) is 10.2. The number of carbonyl (C=O) groups excluding carboxylic acids is 1. The molecule has 1 aliphatic carbocycles. The van der Waals surface area contributed by atoms with Gasteiger partial charge in [0.1, 0.15) is 5.54 Å². The van der Waals surface area contributed by atoms with Gasteiger partial charge in [0.05, 0.1) is 5.69 Å². The average Bonchev–Trinajstić information content (AvgIpc) is 3.23. The maximum absolute atomic E-state index is 13.1. The van der Waals surface area contributed by atoms with Crippen molar-refractivity contribution in [3.05, 3.63) is 71.0 Å². The van der Waals surface area contributed by atoms with Gasteiger partial charge in [-0.05, 0) is 85.2 Å². The molecule has 4 rings (SSSR count). The summed E-state index contributed by atoms with van der Waals surface area (Å²) in [6.07, 6.45) is 3.68. The molecule has 2 aromatic carbocycles. The number of hydrogen-bond acceptors (Lipinski definition) is 4. The minimum Gasteiger partial charge on any atom is -0.339 e. The van der Waals surface area contributed by atoms with E-state index < -0.39 is 5.54 Å². The molecule has 1 aromatic heterocycles. The Hall–Kier alpha value is -3.02. The lowest BCUT2D eigenvalue weighted by Crippen LogP contribution is -2.49. The van der Waals surface area contributed by atoms with Gasteiger partial charge in [-0.2, -0.15) is 4.68 Å². The summed E-state index contributed by atoms with van der Waals surface area (Å²) >= 11 is 0. The van der Waals surface area contributed by atoms with E-state index in [1.807, 2.05) is 47.1 Å². The summed E-state index contributed by atoms with van der Waals surface area (Å²) in [5.41, 5.74) is 3.34. The maximum atomic E-state index is 13.1. The Kier molecular flexibility index (Phi) is 5.18. The van der Waals surface area contributed by atoms with Crippen LogP contribution in [0.4, 0.5) is 0 Å². The lowest BCUT2D eigenvalue weighted by molar-refractivity contribution is 0.0836. The normalized spacial score (nSPS) is 21.7. The molecule has 29 heavy (non-hydrogen) atoms. The third-order valence-corrected chi connectivity index (χ3v) is 6.22. The molecule has 150 valence electrons. The van der Waals surface area contributed by atoms with Crippen molar-refractivity contribution in [3.8, 4) is 5.69 Å². The first kappa shape index (κ1) is 19.3. The Balaban J connectivity index is 1.77. The van der Waals surface area contributed by atoms with Gasteiger partial charge < -0.3 is 5.32 Å². The third kappa shape index (κ3) is 3.67. The second kappa shape index (κ2) is 7.78. The van der Waals surface area contributed by atoms with Gasteiger partial charge in [-0.25, -0.2) is 0 Å². The highest BCUT2D eigenvalue weighted by Gasteiger charge is 2.42. The van der Waals surface area contributed by atoms with Crippen LogP contribution in [-0.2, 0) is 5.54 Å². The fourth-order valence-electron chi connectivity index (χ4n) is 4.15. The molecule has 0 unspecified atom stereocenters. The second-order valence-corrected chi connectivity index (χ2v) is 8.22. The number of carbonyl (C=O) groups is 1. The molecule has 0 atom stereocenters. The van der Waals surface area contributed by atoms with E-state index in [0.717, 1.165) is 36.9 Å². The molecule has 0 aliphatic heterocycles. The van der Waals surface area contributed by atoms with Gasteiger partial charge in [0.15, 0.2) is 5.82 Å². The summed E-state index contributed by atoms with van der Waals surface area (Å²) in [7, 11) is 0. The molecule has 6 heteroatoms. The Morgan fingerprint density at radius 2 is 1.79 bits per heavy atom. The monoisotopic (exact) mass is 389 g/mol. The van der Waals surface area contributed by atoms with Crippen molar-refractivity contribution in [3.63, 3.8) is 0 Å². The summed E-state index contributed by atoms with van der Waals surface area (Å²) in [5, 5.41) is 16.0. The summed E-state index contributed by atoms with van der Waals surface area (Å²) in [5.74, 6) is 1.25. The molecule has 1 saturated carbocycles. The molecule has 1 N–H and O–H groups in total. The number of aromatic nitrogens is 4. The molecule has 0 spiro atoms. The van der Waals surface area contributed by atoms with Gasteiger partial charge in [-0.15, -0.1) is 5.10 Å². The predicted octanol–water partition coefficient (Wildman–Crippen LogP) is 4.11. The molecular weight excluding hydrogens is 362 g/mol. The number of rotatable bonds is 4. The Labute approximate surface area is 171 Å². The van der Waals surface area contributed by atoms with Crippen molar-refractivity contribution in [1.82, 2.24) is 25.5 Å². The van der Waals surface area contributed by atoms with Crippen LogP contribution in [0, 0.1) is 19.8 Å². The molecule has 0 bridgehead atoms. The van der Waals surface area contributed by atoms with Crippen LogP contribution in [0.25, 0.3) is 5.69 Å². The fraction of sp³-hybridized carbons (Fsp3) is 0.391. The Bertz CT molecular complexity index is 1000. The topological polar surface area (TPSA) is 72.7 Å². The molecule has 0 saturated heterocycles. The average molecular weight is 390 g/mol. The lowest BCUT2D eigenvalue weighted by Gasteiger charge is -2.39. The number of hydrogen-bond donors (Lipinski definition) is 1. The molecular formula is C23H27N5O. The van der Waals surface area contributed by atoms with Crippen LogP contribution in [0.15, 0.2) is 48.5 Å². The number of aryl methyl sites for hydroxylation is 1. The van der Waals surface area contributed by atoms with Gasteiger partial charge in [0, 0.05) is 5.56 Å². The summed E-state index contributed by atoms with van der Waals surface area (Å²) in [6, 6.07) is 15.5. The van der Waals surface area contributed by atoms with E-state index in [1.165, 1.54) is 5.56 Å². The van der Waals surface area contributed by atoms with Crippen LogP contribution in [0.5, 0.6) is 0 Å². The van der Waals surface area contributed by atoms with E-state index in [1.54, 1.807) is 0 Å². The van der Waals surface area contributed by atoms with Crippen LogP contribution in [0.3, 0.4) is 0 Å². The predicted molar refractivity (Wildman–Crippen MR) is 112 cm³/mol. The number of nitrogens with one attached hydrogen (secondary N) is 1. The number of benzene rings is 2. The van der Waals surface area contributed by atoms with Gasteiger partial charge in [-0.1, -0.05) is 37.3 Å². The molecule has 3 aromatic rings. The third-order valence-electron chi connectivity index (χ3n) is 6.22. The van der Waals surface area contributed by atoms with Crippen LogP contribution >= 0.6 is 0 Å². The van der Waals surface area contributed by atoms with E-state index in [0.29, 0.717) is 17.3 Å². The molecule has 1 amide bonds. The fourth-order valence-corrected chi connectivity index (χ4v) is 4.15. The molecule has 0 radical (unpaired) electrons. The summed E-state index contributed by atoms with van der Waals surface area (Å²) < 4.78 is 1.81. The quantitative estimate of drug-likeness (QED) is 0.729. The number of amides is 1. The van der Waals surface area contributed by atoms with Gasteiger partial charge in [0.2, 0.25) is 0 Å². The van der Waals surface area contributed by atoms with E-state index in [9.17, 15) is 4.79 Å². The highest BCUT2D eigenvalue weighted by molar-refractivity contribution is 5.94.